The van der Waals surface area contributed by atoms with Gasteiger partial charge in [-0.1, -0.05) is 29.8 Å². The number of thiophene rings is 1. The predicted octanol–water partition coefficient (Wildman–Crippen LogP) is 4.18. The second-order valence-corrected chi connectivity index (χ2v) is 5.52. The molecule has 0 atom stereocenters. The van der Waals surface area contributed by atoms with Crippen molar-refractivity contribution >= 4 is 39.6 Å². The number of ketones is 1. The Bertz CT molecular complexity index is 730. The first-order valence-corrected chi connectivity index (χ1v) is 6.59. The van der Waals surface area contributed by atoms with Gasteiger partial charge in [0.15, 0.2) is 0 Å². The van der Waals surface area contributed by atoms with E-state index >= 15 is 0 Å². The minimum Gasteiger partial charge on any atom is -0.288 e. The number of aromatic nitrogens is 1. The van der Waals surface area contributed by atoms with Crippen molar-refractivity contribution in [3.8, 4) is 0 Å². The Morgan fingerprint density at radius 1 is 1.11 bits per heavy atom. The molecular formula is C14H8ClNOS. The highest BCUT2D eigenvalue weighted by Crippen LogP contribution is 2.26. The van der Waals surface area contributed by atoms with Crippen LogP contribution in [0.5, 0.6) is 0 Å². The molecule has 4 heteroatoms. The second-order valence-electron chi connectivity index (χ2n) is 3.81. The maximum atomic E-state index is 12.4. The molecule has 88 valence electrons. The Morgan fingerprint density at radius 3 is 2.78 bits per heavy atom. The van der Waals surface area contributed by atoms with Crippen LogP contribution >= 0.6 is 22.9 Å². The van der Waals surface area contributed by atoms with Crippen molar-refractivity contribution in [3.63, 3.8) is 0 Å². The number of fused-ring (bicyclic) bond motifs is 1. The predicted molar refractivity (Wildman–Crippen MR) is 74.5 cm³/mol. The summed E-state index contributed by atoms with van der Waals surface area (Å²) in [5, 5.41) is 0.870. The van der Waals surface area contributed by atoms with Gasteiger partial charge in [-0.05, 0) is 24.3 Å². The lowest BCUT2D eigenvalue weighted by atomic mass is 10.0. The minimum atomic E-state index is -0.00880. The van der Waals surface area contributed by atoms with E-state index in [0.29, 0.717) is 14.8 Å². The van der Waals surface area contributed by atoms with Crippen LogP contribution in [0.3, 0.4) is 0 Å². The van der Waals surface area contributed by atoms with Gasteiger partial charge in [-0.2, -0.15) is 0 Å². The first-order valence-electron chi connectivity index (χ1n) is 5.39. The van der Waals surface area contributed by atoms with Crippen LogP contribution in [0.1, 0.15) is 15.2 Å². The van der Waals surface area contributed by atoms with Crippen molar-refractivity contribution in [3.05, 3.63) is 63.4 Å². The summed E-state index contributed by atoms with van der Waals surface area (Å²) in [6.45, 7) is 0. The molecule has 0 aliphatic rings. The van der Waals surface area contributed by atoms with Gasteiger partial charge < -0.3 is 0 Å². The van der Waals surface area contributed by atoms with Crippen molar-refractivity contribution in [2.75, 3.05) is 0 Å². The molecule has 2 nitrogen and oxygen atoms in total. The molecule has 1 aromatic carbocycles. The molecule has 0 aliphatic heterocycles. The lowest BCUT2D eigenvalue weighted by Gasteiger charge is -2.03. The number of hydrogen-bond acceptors (Lipinski definition) is 3. The van der Waals surface area contributed by atoms with Crippen LogP contribution < -0.4 is 0 Å². The van der Waals surface area contributed by atoms with Crippen molar-refractivity contribution in [1.82, 2.24) is 4.98 Å². The van der Waals surface area contributed by atoms with Gasteiger partial charge in [0.2, 0.25) is 5.78 Å². The summed E-state index contributed by atoms with van der Waals surface area (Å²) in [7, 11) is 0. The molecule has 0 amide bonds. The SMILES string of the molecule is O=C(c1ccc(Cl)s1)c1cccc2ncccc12. The summed E-state index contributed by atoms with van der Waals surface area (Å²) < 4.78 is 0.622. The number of pyridine rings is 1. The number of carbonyl (C=O) groups is 1. The number of benzene rings is 1. The Labute approximate surface area is 113 Å². The first-order chi connectivity index (χ1) is 8.75. The van der Waals surface area contributed by atoms with Gasteiger partial charge in [-0.25, -0.2) is 0 Å². The second kappa shape index (κ2) is 4.52. The summed E-state index contributed by atoms with van der Waals surface area (Å²) in [6.07, 6.45) is 1.72. The molecule has 0 N–H and O–H groups in total. The lowest BCUT2D eigenvalue weighted by molar-refractivity contribution is 0.104. The largest absolute Gasteiger partial charge is 0.288 e. The normalized spacial score (nSPS) is 10.7. The first kappa shape index (κ1) is 11.4. The topological polar surface area (TPSA) is 30.0 Å². The molecule has 0 bridgehead atoms. The van der Waals surface area contributed by atoms with Crippen LogP contribution in [0.4, 0.5) is 0 Å². The molecule has 0 aliphatic carbocycles. The zero-order chi connectivity index (χ0) is 12.5. The zero-order valence-electron chi connectivity index (χ0n) is 9.26. The molecule has 3 rings (SSSR count). The van der Waals surface area contributed by atoms with Crippen LogP contribution in [-0.2, 0) is 0 Å². The Morgan fingerprint density at radius 2 is 2.00 bits per heavy atom. The van der Waals surface area contributed by atoms with E-state index in [2.05, 4.69) is 4.98 Å². The lowest BCUT2D eigenvalue weighted by Crippen LogP contribution is -1.99. The number of carbonyl (C=O) groups excluding carboxylic acids is 1. The number of nitrogens with zero attached hydrogens (tertiary/aromatic N) is 1. The summed E-state index contributed by atoms with van der Waals surface area (Å²) in [5.74, 6) is -0.00880. The van der Waals surface area contributed by atoms with Crippen molar-refractivity contribution < 1.29 is 4.79 Å². The highest BCUT2D eigenvalue weighted by molar-refractivity contribution is 7.18. The molecule has 0 saturated carbocycles. The van der Waals surface area contributed by atoms with E-state index in [1.807, 2.05) is 30.3 Å². The highest BCUT2D eigenvalue weighted by Gasteiger charge is 2.14. The van der Waals surface area contributed by atoms with Gasteiger partial charge in [0.25, 0.3) is 0 Å². The van der Waals surface area contributed by atoms with E-state index in [1.165, 1.54) is 11.3 Å². The van der Waals surface area contributed by atoms with Gasteiger partial charge in [0.1, 0.15) is 0 Å². The van der Waals surface area contributed by atoms with Gasteiger partial charge in [0.05, 0.1) is 14.7 Å². The fourth-order valence-corrected chi connectivity index (χ4v) is 2.87. The van der Waals surface area contributed by atoms with Crippen LogP contribution in [-0.4, -0.2) is 10.8 Å². The quantitative estimate of drug-likeness (QED) is 0.656. The van der Waals surface area contributed by atoms with Crippen molar-refractivity contribution in [2.45, 2.75) is 0 Å². The fourth-order valence-electron chi connectivity index (χ4n) is 1.87. The van der Waals surface area contributed by atoms with Gasteiger partial charge in [-0.3, -0.25) is 9.78 Å². The standard InChI is InChI=1S/C14H8ClNOS/c15-13-7-6-12(18-13)14(17)10-3-1-5-11-9(10)4-2-8-16-11/h1-8H. The summed E-state index contributed by atoms with van der Waals surface area (Å²) in [6, 6.07) is 12.8. The van der Waals surface area contributed by atoms with E-state index in [4.69, 9.17) is 11.6 Å². The summed E-state index contributed by atoms with van der Waals surface area (Å²) >= 11 is 7.16. The molecule has 0 unspecified atom stereocenters. The van der Waals surface area contributed by atoms with Crippen molar-refractivity contribution in [2.24, 2.45) is 0 Å². The maximum absolute atomic E-state index is 12.4. The highest BCUT2D eigenvalue weighted by atomic mass is 35.5. The third-order valence-corrected chi connectivity index (χ3v) is 3.92. The van der Waals surface area contributed by atoms with E-state index in [-0.39, 0.29) is 5.78 Å². The number of hydrogen-bond donors (Lipinski definition) is 0. The monoisotopic (exact) mass is 273 g/mol. The summed E-state index contributed by atoms with van der Waals surface area (Å²) in [5.41, 5.74) is 1.49. The third-order valence-electron chi connectivity index (χ3n) is 2.69. The van der Waals surface area contributed by atoms with Crippen LogP contribution in [0, 0.1) is 0 Å². The molecule has 2 aromatic heterocycles. The van der Waals surface area contributed by atoms with Gasteiger partial charge >= 0.3 is 0 Å². The van der Waals surface area contributed by atoms with Crippen LogP contribution in [0.15, 0.2) is 48.7 Å². The average molecular weight is 274 g/mol. The molecule has 0 spiro atoms. The van der Waals surface area contributed by atoms with Gasteiger partial charge in [0, 0.05) is 17.1 Å². The Hall–Kier alpha value is -1.71. The molecule has 3 aromatic rings. The van der Waals surface area contributed by atoms with Crippen LogP contribution in [0.2, 0.25) is 4.34 Å². The smallest absolute Gasteiger partial charge is 0.203 e. The fraction of sp³-hybridized carbons (Fsp3) is 0. The summed E-state index contributed by atoms with van der Waals surface area (Å²) in [4.78, 5) is 17.3. The Kier molecular flexibility index (Phi) is 2.86. The Balaban J connectivity index is 2.17. The molecule has 0 saturated heterocycles. The van der Waals surface area contributed by atoms with Gasteiger partial charge in [-0.15, -0.1) is 11.3 Å². The zero-order valence-corrected chi connectivity index (χ0v) is 10.8. The molecule has 0 radical (unpaired) electrons. The number of halogens is 1. The van der Waals surface area contributed by atoms with Crippen molar-refractivity contribution in [1.29, 1.82) is 0 Å². The van der Waals surface area contributed by atoms with E-state index in [9.17, 15) is 4.79 Å². The average Bonchev–Trinajstić information content (AvgIpc) is 2.84. The number of rotatable bonds is 2. The van der Waals surface area contributed by atoms with E-state index < -0.39 is 0 Å². The molecule has 18 heavy (non-hydrogen) atoms. The van der Waals surface area contributed by atoms with E-state index in [0.717, 1.165) is 10.9 Å². The van der Waals surface area contributed by atoms with E-state index in [1.54, 1.807) is 18.3 Å². The third kappa shape index (κ3) is 1.92. The maximum Gasteiger partial charge on any atom is 0.203 e. The molecule has 0 fully saturated rings. The minimum absolute atomic E-state index is 0.00880. The van der Waals surface area contributed by atoms with Crippen LogP contribution in [0.25, 0.3) is 10.9 Å². The molecular weight excluding hydrogens is 266 g/mol. The molecule has 2 heterocycles.